The van der Waals surface area contributed by atoms with Gasteiger partial charge in [0.05, 0.1) is 11.2 Å². The maximum atomic E-state index is 13.0. The van der Waals surface area contributed by atoms with Gasteiger partial charge in [0.1, 0.15) is 34.9 Å². The molecule has 0 aliphatic carbocycles. The van der Waals surface area contributed by atoms with E-state index in [2.05, 4.69) is 5.32 Å². The number of nitrogens with zero attached hydrogens (tertiary/aromatic N) is 2. The molecule has 4 fully saturated rings. The lowest BCUT2D eigenvalue weighted by atomic mass is 9.95. The molecule has 4 saturated heterocycles. The summed E-state index contributed by atoms with van der Waals surface area (Å²) in [7, 11) is -3.80. The second-order valence-corrected chi connectivity index (χ2v) is 15.6. The summed E-state index contributed by atoms with van der Waals surface area (Å²) in [4.78, 5) is 65.9. The fourth-order valence-electron chi connectivity index (χ4n) is 5.69. The molecule has 3 amide bonds. The Bertz CT molecular complexity index is 1400. The number of ether oxygens (including phenoxy) is 2. The van der Waals surface area contributed by atoms with Crippen LogP contribution in [-0.2, 0) is 43.3 Å². The number of hydrogen-bond acceptors (Lipinski definition) is 11. The Balaban J connectivity index is 1.19. The van der Waals surface area contributed by atoms with Crippen LogP contribution in [0.1, 0.15) is 45.7 Å². The third-order valence-electron chi connectivity index (χ3n) is 8.00. The number of thioether (sulfide) groups is 1. The number of hydrogen-bond donors (Lipinski definition) is 2. The van der Waals surface area contributed by atoms with Gasteiger partial charge in [-0.15, -0.1) is 11.8 Å². The van der Waals surface area contributed by atoms with Gasteiger partial charge in [0, 0.05) is 4.75 Å². The second kappa shape index (κ2) is 9.45. The lowest BCUT2D eigenvalue weighted by Crippen LogP contribution is -2.71. The molecule has 0 bridgehead atoms. The highest BCUT2D eigenvalue weighted by Gasteiger charge is 2.68. The van der Waals surface area contributed by atoms with Gasteiger partial charge in [-0.2, -0.15) is 0 Å². The van der Waals surface area contributed by atoms with E-state index in [-0.39, 0.29) is 6.42 Å². The standard InChI is InChI=1S/C25H30N4O9S2/c1-24(2)17(29-20(32)16(21(29)39-24)27-19(31)15(26)12-8-6-5-7-9-12)22(33)37-11-38-23(34)18-25(3,4)40(35,36)14-10-13(30)28(14)18/h5-9,14-18,21H,10-11,26H2,1-4H3,(H,27,31)/t14-,15?,16?,17?,18?,21-/m1/s1. The van der Waals surface area contributed by atoms with Crippen LogP contribution >= 0.6 is 11.8 Å². The van der Waals surface area contributed by atoms with E-state index in [0.29, 0.717) is 5.56 Å². The van der Waals surface area contributed by atoms with E-state index in [1.54, 1.807) is 44.2 Å². The summed E-state index contributed by atoms with van der Waals surface area (Å²) in [6, 6.07) is 4.45. The van der Waals surface area contributed by atoms with Crippen LogP contribution in [0.4, 0.5) is 0 Å². The SMILES string of the molecule is CC1(C)S[C@@H]2C(NC(=O)C(N)c3ccccc3)C(=O)N2C1C(=O)OCOC(=O)C1N2C(=O)C[C@H]2S(=O)(=O)C1(C)C. The number of rotatable bonds is 7. The molecule has 15 heteroatoms. The lowest BCUT2D eigenvalue weighted by Gasteiger charge is -2.44. The van der Waals surface area contributed by atoms with Crippen molar-refractivity contribution in [3.05, 3.63) is 35.9 Å². The second-order valence-electron chi connectivity index (χ2n) is 11.2. The van der Waals surface area contributed by atoms with Crippen molar-refractivity contribution in [1.82, 2.24) is 15.1 Å². The van der Waals surface area contributed by atoms with Gasteiger partial charge < -0.3 is 30.3 Å². The Morgan fingerprint density at radius 1 is 1.05 bits per heavy atom. The number of benzene rings is 1. The number of fused-ring (bicyclic) bond motifs is 2. The zero-order chi connectivity index (χ0) is 29.4. The summed E-state index contributed by atoms with van der Waals surface area (Å²) in [5.41, 5.74) is 6.64. The van der Waals surface area contributed by atoms with E-state index in [0.717, 1.165) is 4.90 Å². The molecule has 4 aliphatic rings. The molecule has 6 atom stereocenters. The largest absolute Gasteiger partial charge is 0.426 e. The number of amides is 3. The summed E-state index contributed by atoms with van der Waals surface area (Å²) in [6.45, 7) is 5.37. The Morgan fingerprint density at radius 3 is 2.25 bits per heavy atom. The van der Waals surface area contributed by atoms with Gasteiger partial charge in [-0.3, -0.25) is 14.4 Å². The maximum Gasteiger partial charge on any atom is 0.333 e. The van der Waals surface area contributed by atoms with Crippen LogP contribution < -0.4 is 11.1 Å². The highest BCUT2D eigenvalue weighted by molar-refractivity contribution is 8.01. The third kappa shape index (κ3) is 4.08. The molecule has 1 aromatic carbocycles. The minimum absolute atomic E-state index is 0.191. The van der Waals surface area contributed by atoms with E-state index >= 15 is 0 Å². The Labute approximate surface area is 235 Å². The predicted molar refractivity (Wildman–Crippen MR) is 140 cm³/mol. The molecule has 4 unspecified atom stereocenters. The molecule has 4 heterocycles. The first kappa shape index (κ1) is 28.4. The van der Waals surface area contributed by atoms with E-state index < -0.39 is 90.7 Å². The predicted octanol–water partition coefficient (Wildman–Crippen LogP) is -0.589. The number of sulfone groups is 1. The zero-order valence-corrected chi connectivity index (χ0v) is 23.9. The molecule has 13 nitrogen and oxygen atoms in total. The Kier molecular flexibility index (Phi) is 6.70. The van der Waals surface area contributed by atoms with Gasteiger partial charge in [0.25, 0.3) is 0 Å². The minimum Gasteiger partial charge on any atom is -0.426 e. The number of esters is 2. The van der Waals surface area contributed by atoms with Gasteiger partial charge in [-0.25, -0.2) is 18.0 Å². The smallest absolute Gasteiger partial charge is 0.333 e. The molecular formula is C25H30N4O9S2. The molecular weight excluding hydrogens is 564 g/mol. The van der Waals surface area contributed by atoms with Crippen molar-refractivity contribution in [3.63, 3.8) is 0 Å². The highest BCUT2D eigenvalue weighted by atomic mass is 32.2. The van der Waals surface area contributed by atoms with Crippen molar-refractivity contribution in [1.29, 1.82) is 0 Å². The van der Waals surface area contributed by atoms with E-state index in [1.165, 1.54) is 30.5 Å². The maximum absolute atomic E-state index is 13.0. The monoisotopic (exact) mass is 594 g/mol. The summed E-state index contributed by atoms with van der Waals surface area (Å²) < 4.78 is 33.3. The van der Waals surface area contributed by atoms with E-state index in [1.807, 2.05) is 0 Å². The minimum atomic E-state index is -3.80. The number of β-lactam (4-membered cyclic amide) rings is 2. The molecule has 1 aromatic rings. The first-order chi connectivity index (χ1) is 18.6. The Hall–Kier alpha value is -3.17. The molecule has 4 aliphatic heterocycles. The quantitative estimate of drug-likeness (QED) is 0.234. The number of carbonyl (C=O) groups excluding carboxylic acids is 5. The molecule has 3 N–H and O–H groups in total. The summed E-state index contributed by atoms with van der Waals surface area (Å²) >= 11 is 1.31. The fourth-order valence-corrected chi connectivity index (χ4v) is 9.44. The van der Waals surface area contributed by atoms with E-state index in [4.69, 9.17) is 15.2 Å². The topological polar surface area (TPSA) is 182 Å². The van der Waals surface area contributed by atoms with Crippen molar-refractivity contribution in [2.75, 3.05) is 6.79 Å². The molecule has 5 rings (SSSR count). The van der Waals surface area contributed by atoms with Crippen LogP contribution in [0.5, 0.6) is 0 Å². The van der Waals surface area contributed by atoms with Crippen molar-refractivity contribution in [2.24, 2.45) is 5.73 Å². The summed E-state index contributed by atoms with van der Waals surface area (Å²) in [5.74, 6) is -3.32. The number of carbonyl (C=O) groups is 5. The van der Waals surface area contributed by atoms with Crippen LogP contribution in [-0.4, -0.2) is 93.0 Å². The van der Waals surface area contributed by atoms with Crippen LogP contribution in [0, 0.1) is 0 Å². The zero-order valence-electron chi connectivity index (χ0n) is 22.2. The van der Waals surface area contributed by atoms with Gasteiger partial charge in [-0.05, 0) is 33.3 Å². The van der Waals surface area contributed by atoms with Crippen molar-refractivity contribution in [2.45, 2.75) is 78.5 Å². The molecule has 216 valence electrons. The van der Waals surface area contributed by atoms with Crippen LogP contribution in [0.3, 0.4) is 0 Å². The average molecular weight is 595 g/mol. The lowest BCUT2D eigenvalue weighted by molar-refractivity contribution is -0.181. The van der Waals surface area contributed by atoms with Crippen molar-refractivity contribution in [3.8, 4) is 0 Å². The van der Waals surface area contributed by atoms with Gasteiger partial charge in [0.2, 0.25) is 24.5 Å². The van der Waals surface area contributed by atoms with Crippen molar-refractivity contribution >= 4 is 51.3 Å². The van der Waals surface area contributed by atoms with Crippen LogP contribution in [0.15, 0.2) is 30.3 Å². The highest BCUT2D eigenvalue weighted by Crippen LogP contribution is 2.51. The Morgan fingerprint density at radius 2 is 1.65 bits per heavy atom. The first-order valence-corrected chi connectivity index (χ1v) is 15.0. The van der Waals surface area contributed by atoms with Crippen LogP contribution in [0.25, 0.3) is 0 Å². The van der Waals surface area contributed by atoms with Crippen LogP contribution in [0.2, 0.25) is 0 Å². The normalized spacial score (nSPS) is 31.3. The van der Waals surface area contributed by atoms with Crippen molar-refractivity contribution < 1.29 is 41.9 Å². The number of nitrogens with one attached hydrogen (secondary N) is 1. The van der Waals surface area contributed by atoms with Gasteiger partial charge >= 0.3 is 11.9 Å². The molecule has 0 spiro atoms. The van der Waals surface area contributed by atoms with Gasteiger partial charge in [0.15, 0.2) is 9.84 Å². The first-order valence-electron chi connectivity index (χ1n) is 12.6. The third-order valence-corrected chi connectivity index (χ3v) is 12.4. The fraction of sp³-hybridized carbons (Fsp3) is 0.560. The molecule has 0 saturated carbocycles. The van der Waals surface area contributed by atoms with E-state index in [9.17, 15) is 32.4 Å². The molecule has 0 radical (unpaired) electrons. The number of nitrogens with two attached hydrogens (primary N) is 1. The summed E-state index contributed by atoms with van der Waals surface area (Å²) in [6.07, 6.45) is -0.191. The van der Waals surface area contributed by atoms with Gasteiger partial charge in [-0.1, -0.05) is 30.3 Å². The molecule has 0 aromatic heterocycles. The molecule has 40 heavy (non-hydrogen) atoms. The summed E-state index contributed by atoms with van der Waals surface area (Å²) in [5, 5.41) is 1.07. The average Bonchev–Trinajstić information content (AvgIpc) is 3.22.